The fourth-order valence-corrected chi connectivity index (χ4v) is 3.99. The van der Waals surface area contributed by atoms with Gasteiger partial charge in [0.2, 0.25) is 0 Å². The molecule has 2 aromatic carbocycles. The van der Waals surface area contributed by atoms with Crippen LogP contribution in [0.15, 0.2) is 47.1 Å². The molecule has 156 valence electrons. The van der Waals surface area contributed by atoms with E-state index >= 15 is 0 Å². The average molecular weight is 408 g/mol. The summed E-state index contributed by atoms with van der Waals surface area (Å²) < 4.78 is 10.6. The summed E-state index contributed by atoms with van der Waals surface area (Å²) in [6, 6.07) is 11.2. The Balaban J connectivity index is 1.31. The second-order valence-corrected chi connectivity index (χ2v) is 7.61. The third-order valence-corrected chi connectivity index (χ3v) is 5.43. The van der Waals surface area contributed by atoms with Gasteiger partial charge in [0.15, 0.2) is 6.61 Å². The number of rotatable bonds is 5. The number of hydrogen-bond acceptors (Lipinski definition) is 5. The number of carbonyl (C=O) groups is 3. The van der Waals surface area contributed by atoms with E-state index in [1.807, 2.05) is 36.4 Å². The van der Waals surface area contributed by atoms with Crippen molar-refractivity contribution >= 4 is 39.6 Å². The quantitative estimate of drug-likeness (QED) is 0.626. The molecule has 1 aliphatic rings. The highest BCUT2D eigenvalue weighted by molar-refractivity contribution is 6.08. The number of furan rings is 1. The minimum Gasteiger partial charge on any atom is -0.464 e. The lowest BCUT2D eigenvalue weighted by Gasteiger charge is -2.22. The summed E-state index contributed by atoms with van der Waals surface area (Å²) in [4.78, 5) is 36.1. The molecule has 0 saturated heterocycles. The Morgan fingerprint density at radius 1 is 1.03 bits per heavy atom. The first-order valence-electron chi connectivity index (χ1n) is 10.2. The third kappa shape index (κ3) is 4.62. The number of amides is 3. The molecule has 3 aromatic rings. The van der Waals surface area contributed by atoms with Gasteiger partial charge in [-0.2, -0.15) is 0 Å². The van der Waals surface area contributed by atoms with Crippen LogP contribution in [0.2, 0.25) is 0 Å². The first-order chi connectivity index (χ1) is 14.6. The third-order valence-electron chi connectivity index (χ3n) is 5.43. The highest BCUT2D eigenvalue weighted by atomic mass is 16.5. The Bertz CT molecular complexity index is 1080. The zero-order valence-electron chi connectivity index (χ0n) is 16.6. The lowest BCUT2D eigenvalue weighted by molar-refractivity contribution is -0.147. The standard InChI is InChI=1S/C23H24N2O5/c26-20(25-23(28)24-17-7-2-1-3-8-17)14-30-21(27)12-16-13-29-19-11-10-15-6-4-5-9-18(15)22(16)19/h4-6,9-11,13,17H,1-3,7-8,12,14H2,(H2,24,25,26,28). The molecule has 0 atom stereocenters. The smallest absolute Gasteiger partial charge is 0.321 e. The highest BCUT2D eigenvalue weighted by Gasteiger charge is 2.18. The molecule has 1 fully saturated rings. The van der Waals surface area contributed by atoms with E-state index in [-0.39, 0.29) is 12.5 Å². The molecule has 2 N–H and O–H groups in total. The Morgan fingerprint density at radius 2 is 1.83 bits per heavy atom. The molecule has 3 amide bonds. The van der Waals surface area contributed by atoms with Gasteiger partial charge in [-0.1, -0.05) is 49.6 Å². The topological polar surface area (TPSA) is 97.6 Å². The number of imide groups is 1. The summed E-state index contributed by atoms with van der Waals surface area (Å²) in [5.41, 5.74) is 1.39. The molecule has 0 bridgehead atoms. The predicted octanol–water partition coefficient (Wildman–Crippen LogP) is 3.83. The van der Waals surface area contributed by atoms with Crippen LogP contribution < -0.4 is 10.6 Å². The molecule has 30 heavy (non-hydrogen) atoms. The Hall–Kier alpha value is -3.35. The van der Waals surface area contributed by atoms with Crippen molar-refractivity contribution in [3.63, 3.8) is 0 Å². The fourth-order valence-electron chi connectivity index (χ4n) is 3.99. The van der Waals surface area contributed by atoms with Crippen molar-refractivity contribution in [2.75, 3.05) is 6.61 Å². The van der Waals surface area contributed by atoms with Crippen LogP contribution in [0, 0.1) is 0 Å². The number of nitrogens with one attached hydrogen (secondary N) is 2. The lowest BCUT2D eigenvalue weighted by atomic mass is 9.96. The molecule has 0 spiro atoms. The second kappa shape index (κ2) is 8.98. The molecule has 7 nitrogen and oxygen atoms in total. The molecule has 7 heteroatoms. The molecular weight excluding hydrogens is 384 g/mol. The van der Waals surface area contributed by atoms with Crippen LogP contribution in [-0.4, -0.2) is 30.6 Å². The monoisotopic (exact) mass is 408 g/mol. The fraction of sp³-hybridized carbons (Fsp3) is 0.348. The molecule has 0 aliphatic heterocycles. The maximum atomic E-state index is 12.3. The molecule has 1 aliphatic carbocycles. The summed E-state index contributed by atoms with van der Waals surface area (Å²) in [5, 5.41) is 7.90. The van der Waals surface area contributed by atoms with Crippen LogP contribution in [0.3, 0.4) is 0 Å². The number of ether oxygens (including phenoxy) is 1. The molecular formula is C23H24N2O5. The maximum absolute atomic E-state index is 12.3. The number of benzene rings is 2. The van der Waals surface area contributed by atoms with Gasteiger partial charge >= 0.3 is 12.0 Å². The van der Waals surface area contributed by atoms with Crippen molar-refractivity contribution in [3.05, 3.63) is 48.2 Å². The zero-order valence-corrected chi connectivity index (χ0v) is 16.6. The van der Waals surface area contributed by atoms with Crippen molar-refractivity contribution in [1.82, 2.24) is 10.6 Å². The highest BCUT2D eigenvalue weighted by Crippen LogP contribution is 2.30. The van der Waals surface area contributed by atoms with Crippen molar-refractivity contribution in [2.45, 2.75) is 44.6 Å². The summed E-state index contributed by atoms with van der Waals surface area (Å²) in [5.74, 6) is -1.22. The summed E-state index contributed by atoms with van der Waals surface area (Å²) in [6.07, 6.45) is 6.69. The van der Waals surface area contributed by atoms with Crippen LogP contribution in [-0.2, 0) is 20.7 Å². The van der Waals surface area contributed by atoms with Gasteiger partial charge in [-0.3, -0.25) is 14.9 Å². The first-order valence-corrected chi connectivity index (χ1v) is 10.2. The van der Waals surface area contributed by atoms with E-state index in [1.54, 1.807) is 0 Å². The van der Waals surface area contributed by atoms with E-state index in [9.17, 15) is 14.4 Å². The SMILES string of the molecule is O=C(COC(=O)Cc1coc2ccc3ccccc3c12)NC(=O)NC1CCCCC1. The van der Waals surface area contributed by atoms with E-state index in [0.29, 0.717) is 11.1 Å². The van der Waals surface area contributed by atoms with Gasteiger partial charge in [-0.25, -0.2) is 4.79 Å². The second-order valence-electron chi connectivity index (χ2n) is 7.61. The van der Waals surface area contributed by atoms with Crippen LogP contribution in [0.25, 0.3) is 21.7 Å². The number of urea groups is 1. The van der Waals surface area contributed by atoms with Crippen LogP contribution >= 0.6 is 0 Å². The number of esters is 1. The zero-order chi connectivity index (χ0) is 20.9. The lowest BCUT2D eigenvalue weighted by Crippen LogP contribution is -2.46. The molecule has 0 unspecified atom stereocenters. The Labute approximate surface area is 173 Å². The predicted molar refractivity (Wildman–Crippen MR) is 112 cm³/mol. The summed E-state index contributed by atoms with van der Waals surface area (Å²) >= 11 is 0. The number of hydrogen-bond donors (Lipinski definition) is 2. The van der Waals surface area contributed by atoms with Crippen LogP contribution in [0.4, 0.5) is 4.79 Å². The summed E-state index contributed by atoms with van der Waals surface area (Å²) in [6.45, 7) is -0.506. The van der Waals surface area contributed by atoms with Gasteiger partial charge in [0, 0.05) is 17.0 Å². The van der Waals surface area contributed by atoms with Crippen molar-refractivity contribution in [2.24, 2.45) is 0 Å². The normalized spacial score (nSPS) is 14.5. The van der Waals surface area contributed by atoms with Gasteiger partial charge < -0.3 is 14.5 Å². The molecule has 1 heterocycles. The largest absolute Gasteiger partial charge is 0.464 e. The average Bonchev–Trinajstić information content (AvgIpc) is 3.16. The van der Waals surface area contributed by atoms with Gasteiger partial charge in [0.1, 0.15) is 5.58 Å². The molecule has 4 rings (SSSR count). The van der Waals surface area contributed by atoms with Crippen LogP contribution in [0.5, 0.6) is 0 Å². The number of carbonyl (C=O) groups excluding carboxylic acids is 3. The maximum Gasteiger partial charge on any atom is 0.321 e. The van der Waals surface area contributed by atoms with Crippen molar-refractivity contribution < 1.29 is 23.5 Å². The minimum absolute atomic E-state index is 0.0252. The molecule has 1 aromatic heterocycles. The van der Waals surface area contributed by atoms with E-state index < -0.39 is 24.5 Å². The van der Waals surface area contributed by atoms with Gasteiger partial charge in [-0.05, 0) is 29.7 Å². The minimum atomic E-state index is -0.654. The molecule has 1 saturated carbocycles. The van der Waals surface area contributed by atoms with E-state index in [4.69, 9.17) is 9.15 Å². The van der Waals surface area contributed by atoms with E-state index in [2.05, 4.69) is 10.6 Å². The van der Waals surface area contributed by atoms with Crippen molar-refractivity contribution in [1.29, 1.82) is 0 Å². The van der Waals surface area contributed by atoms with E-state index in [1.165, 1.54) is 12.7 Å². The van der Waals surface area contributed by atoms with Gasteiger partial charge in [-0.15, -0.1) is 0 Å². The van der Waals surface area contributed by atoms with Gasteiger partial charge in [0.05, 0.1) is 12.7 Å². The Kier molecular flexibility index (Phi) is 5.97. The Morgan fingerprint density at radius 3 is 2.67 bits per heavy atom. The van der Waals surface area contributed by atoms with Gasteiger partial charge in [0.25, 0.3) is 5.91 Å². The van der Waals surface area contributed by atoms with Crippen molar-refractivity contribution in [3.8, 4) is 0 Å². The number of fused-ring (bicyclic) bond motifs is 3. The summed E-state index contributed by atoms with van der Waals surface area (Å²) in [7, 11) is 0. The first kappa shape index (κ1) is 19.9. The van der Waals surface area contributed by atoms with E-state index in [0.717, 1.165) is 41.8 Å². The van der Waals surface area contributed by atoms with Crippen LogP contribution in [0.1, 0.15) is 37.7 Å². The molecule has 0 radical (unpaired) electrons.